The average Bonchev–Trinajstić information content (AvgIpc) is 3.37. The predicted molar refractivity (Wildman–Crippen MR) is 83.9 cm³/mol. The van der Waals surface area contributed by atoms with E-state index in [2.05, 4.69) is 40.6 Å². The van der Waals surface area contributed by atoms with Gasteiger partial charge in [-0.25, -0.2) is 0 Å². The Morgan fingerprint density at radius 2 is 1.90 bits per heavy atom. The van der Waals surface area contributed by atoms with Crippen LogP contribution < -0.4 is 5.32 Å². The Kier molecular flexibility index (Phi) is 4.91. The van der Waals surface area contributed by atoms with Crippen LogP contribution in [0.5, 0.6) is 0 Å². The molecule has 5 heteroatoms. The van der Waals surface area contributed by atoms with E-state index < -0.39 is 0 Å². The summed E-state index contributed by atoms with van der Waals surface area (Å²) in [5, 5.41) is 11.9. The first kappa shape index (κ1) is 15.0. The molecule has 2 saturated carbocycles. The Bertz CT molecular complexity index is 420. The minimum absolute atomic E-state index is 0.489. The van der Waals surface area contributed by atoms with Gasteiger partial charge in [-0.1, -0.05) is 19.1 Å². The maximum atomic E-state index is 4.26. The molecule has 5 nitrogen and oxygen atoms in total. The van der Waals surface area contributed by atoms with Gasteiger partial charge in [0.1, 0.15) is 0 Å². The summed E-state index contributed by atoms with van der Waals surface area (Å²) in [6, 6.07) is 0.489. The number of nitrogens with zero attached hydrogens (tertiary/aromatic N) is 4. The van der Waals surface area contributed by atoms with Gasteiger partial charge < -0.3 is 10.2 Å². The lowest BCUT2D eigenvalue weighted by Gasteiger charge is -2.21. The second-order valence-corrected chi connectivity index (χ2v) is 7.15. The molecular formula is C16H29N5. The van der Waals surface area contributed by atoms with Crippen LogP contribution in [0.15, 0.2) is 6.20 Å². The molecule has 1 aromatic rings. The molecule has 0 spiro atoms. The van der Waals surface area contributed by atoms with Crippen molar-refractivity contribution in [2.24, 2.45) is 11.8 Å². The fourth-order valence-electron chi connectivity index (χ4n) is 2.67. The maximum Gasteiger partial charge on any atom is 0.0964 e. The molecule has 118 valence electrons. The summed E-state index contributed by atoms with van der Waals surface area (Å²) in [5.74, 6) is 1.95. The second-order valence-electron chi connectivity index (χ2n) is 7.15. The predicted octanol–water partition coefficient (Wildman–Crippen LogP) is 1.90. The molecule has 0 atom stereocenters. The summed E-state index contributed by atoms with van der Waals surface area (Å²) in [6.07, 6.45) is 7.85. The van der Waals surface area contributed by atoms with E-state index in [9.17, 15) is 0 Å². The van der Waals surface area contributed by atoms with Crippen molar-refractivity contribution in [1.29, 1.82) is 0 Å². The van der Waals surface area contributed by atoms with E-state index in [0.717, 1.165) is 37.2 Å². The average molecular weight is 291 g/mol. The molecule has 0 aliphatic heterocycles. The fraction of sp³-hybridized carbons (Fsp3) is 0.875. The lowest BCUT2D eigenvalue weighted by molar-refractivity contribution is 0.238. The van der Waals surface area contributed by atoms with Gasteiger partial charge in [-0.2, -0.15) is 0 Å². The highest BCUT2D eigenvalue weighted by molar-refractivity contribution is 4.92. The molecule has 2 fully saturated rings. The van der Waals surface area contributed by atoms with E-state index in [4.69, 9.17) is 0 Å². The van der Waals surface area contributed by atoms with Gasteiger partial charge >= 0.3 is 0 Å². The third kappa shape index (κ3) is 5.40. The van der Waals surface area contributed by atoms with Crippen molar-refractivity contribution in [3.63, 3.8) is 0 Å². The normalized spacial score (nSPS) is 18.9. The Morgan fingerprint density at radius 3 is 2.48 bits per heavy atom. The van der Waals surface area contributed by atoms with E-state index in [0.29, 0.717) is 6.04 Å². The van der Waals surface area contributed by atoms with E-state index >= 15 is 0 Å². The number of aromatic nitrogens is 3. The molecule has 3 rings (SSSR count). The number of nitrogens with one attached hydrogen (secondary N) is 1. The van der Waals surface area contributed by atoms with Crippen LogP contribution in [0.2, 0.25) is 0 Å². The van der Waals surface area contributed by atoms with Crippen molar-refractivity contribution < 1.29 is 0 Å². The SMILES string of the molecule is CC(C)NCc1cn(CCN(CC2CC2)CC2CC2)nn1. The molecule has 0 radical (unpaired) electrons. The first-order valence-corrected chi connectivity index (χ1v) is 8.54. The number of hydrogen-bond donors (Lipinski definition) is 1. The lowest BCUT2D eigenvalue weighted by atomic mass is 10.3. The van der Waals surface area contributed by atoms with Crippen LogP contribution in [0.4, 0.5) is 0 Å². The summed E-state index contributed by atoms with van der Waals surface area (Å²) in [5.41, 5.74) is 1.04. The molecule has 1 heterocycles. The minimum Gasteiger partial charge on any atom is -0.309 e. The highest BCUT2D eigenvalue weighted by atomic mass is 15.4. The molecule has 1 N–H and O–H groups in total. The van der Waals surface area contributed by atoms with Crippen LogP contribution in [0, 0.1) is 11.8 Å². The summed E-state index contributed by atoms with van der Waals surface area (Å²) < 4.78 is 2.00. The Morgan fingerprint density at radius 1 is 1.24 bits per heavy atom. The van der Waals surface area contributed by atoms with Crippen molar-refractivity contribution in [1.82, 2.24) is 25.2 Å². The first-order chi connectivity index (χ1) is 10.2. The second kappa shape index (κ2) is 6.88. The topological polar surface area (TPSA) is 46.0 Å². The third-order valence-electron chi connectivity index (χ3n) is 4.35. The molecule has 0 unspecified atom stereocenters. The Balaban J connectivity index is 1.43. The Labute approximate surface area is 128 Å². The van der Waals surface area contributed by atoms with Crippen molar-refractivity contribution in [2.45, 2.75) is 58.7 Å². The highest BCUT2D eigenvalue weighted by Gasteiger charge is 2.28. The summed E-state index contributed by atoms with van der Waals surface area (Å²) in [7, 11) is 0. The van der Waals surface area contributed by atoms with Crippen LogP contribution in [0.1, 0.15) is 45.2 Å². The van der Waals surface area contributed by atoms with Gasteiger partial charge in [0, 0.05) is 38.4 Å². The third-order valence-corrected chi connectivity index (χ3v) is 4.35. The molecule has 0 amide bonds. The minimum atomic E-state index is 0.489. The fourth-order valence-corrected chi connectivity index (χ4v) is 2.67. The van der Waals surface area contributed by atoms with Crippen molar-refractivity contribution in [3.8, 4) is 0 Å². The number of hydrogen-bond acceptors (Lipinski definition) is 4. The molecule has 1 aromatic heterocycles. The van der Waals surface area contributed by atoms with Gasteiger partial charge in [0.15, 0.2) is 0 Å². The molecular weight excluding hydrogens is 262 g/mol. The zero-order valence-corrected chi connectivity index (χ0v) is 13.5. The maximum absolute atomic E-state index is 4.26. The van der Waals surface area contributed by atoms with Crippen LogP contribution in [-0.4, -0.2) is 45.6 Å². The molecule has 0 aromatic carbocycles. The molecule has 0 saturated heterocycles. The molecule has 21 heavy (non-hydrogen) atoms. The van der Waals surface area contributed by atoms with Crippen molar-refractivity contribution in [2.75, 3.05) is 19.6 Å². The van der Waals surface area contributed by atoms with Crippen LogP contribution in [0.25, 0.3) is 0 Å². The quantitative estimate of drug-likeness (QED) is 0.715. The monoisotopic (exact) mass is 291 g/mol. The van der Waals surface area contributed by atoms with E-state index in [1.165, 1.54) is 38.8 Å². The van der Waals surface area contributed by atoms with Crippen LogP contribution in [-0.2, 0) is 13.1 Å². The summed E-state index contributed by atoms with van der Waals surface area (Å²) in [6.45, 7) is 9.79. The zero-order valence-electron chi connectivity index (χ0n) is 13.5. The molecule has 2 aliphatic rings. The van der Waals surface area contributed by atoms with Crippen molar-refractivity contribution >= 4 is 0 Å². The van der Waals surface area contributed by atoms with Crippen LogP contribution >= 0.6 is 0 Å². The van der Waals surface area contributed by atoms with Crippen molar-refractivity contribution in [3.05, 3.63) is 11.9 Å². The standard InChI is InChI=1S/C16H29N5/c1-13(2)17-9-16-12-21(19-18-16)8-7-20(10-14-3-4-14)11-15-5-6-15/h12-15,17H,3-11H2,1-2H3. The first-order valence-electron chi connectivity index (χ1n) is 8.54. The summed E-state index contributed by atoms with van der Waals surface area (Å²) >= 11 is 0. The van der Waals surface area contributed by atoms with Gasteiger partial charge in [-0.15, -0.1) is 5.10 Å². The Hall–Kier alpha value is -0.940. The van der Waals surface area contributed by atoms with E-state index in [-0.39, 0.29) is 0 Å². The zero-order chi connectivity index (χ0) is 14.7. The van der Waals surface area contributed by atoms with Gasteiger partial charge in [-0.05, 0) is 37.5 Å². The molecule has 0 bridgehead atoms. The van der Waals surface area contributed by atoms with Gasteiger partial charge in [0.05, 0.1) is 12.2 Å². The largest absolute Gasteiger partial charge is 0.309 e. The van der Waals surface area contributed by atoms with Gasteiger partial charge in [0.25, 0.3) is 0 Å². The number of rotatable bonds is 10. The van der Waals surface area contributed by atoms with Crippen LogP contribution in [0.3, 0.4) is 0 Å². The lowest BCUT2D eigenvalue weighted by Crippen LogP contribution is -2.31. The van der Waals surface area contributed by atoms with Gasteiger partial charge in [-0.3, -0.25) is 4.68 Å². The smallest absolute Gasteiger partial charge is 0.0964 e. The highest BCUT2D eigenvalue weighted by Crippen LogP contribution is 2.33. The van der Waals surface area contributed by atoms with Gasteiger partial charge in [0.2, 0.25) is 0 Å². The molecule has 2 aliphatic carbocycles. The van der Waals surface area contributed by atoms with E-state index in [1.54, 1.807) is 0 Å². The van der Waals surface area contributed by atoms with E-state index in [1.807, 2.05) is 4.68 Å². The summed E-state index contributed by atoms with van der Waals surface area (Å²) in [4.78, 5) is 2.66.